The minimum absolute atomic E-state index is 0.0178. The van der Waals surface area contributed by atoms with Crippen LogP contribution in [0, 0.1) is 5.13 Å². The molecule has 2 rings (SSSR count). The fraction of sp³-hybridized carbons (Fsp3) is 0.333. The molecule has 0 fully saturated rings. The van der Waals surface area contributed by atoms with E-state index in [1.165, 1.54) is 16.9 Å². The highest BCUT2D eigenvalue weighted by Crippen LogP contribution is 2.31. The maximum absolute atomic E-state index is 13.5. The van der Waals surface area contributed by atoms with E-state index < -0.39 is 0 Å². The zero-order valence-electron chi connectivity index (χ0n) is 8.43. The van der Waals surface area contributed by atoms with Gasteiger partial charge in [0.2, 0.25) is 0 Å². The van der Waals surface area contributed by atoms with Crippen molar-refractivity contribution in [1.82, 2.24) is 0 Å². The van der Waals surface area contributed by atoms with Gasteiger partial charge in [-0.3, -0.25) is 0 Å². The van der Waals surface area contributed by atoms with E-state index in [4.69, 9.17) is 0 Å². The Balaban J connectivity index is 2.68. The molecule has 0 atom stereocenters. The van der Waals surface area contributed by atoms with Crippen LogP contribution in [0.25, 0.3) is 10.1 Å². The van der Waals surface area contributed by atoms with Crippen LogP contribution in [0.15, 0.2) is 18.2 Å². The van der Waals surface area contributed by atoms with E-state index in [1.54, 1.807) is 0 Å². The van der Waals surface area contributed by atoms with Crippen molar-refractivity contribution >= 4 is 21.4 Å². The molecule has 14 heavy (non-hydrogen) atoms. The first-order chi connectivity index (χ1) is 6.76. The quantitative estimate of drug-likeness (QED) is 0.695. The van der Waals surface area contributed by atoms with Crippen molar-refractivity contribution in [1.29, 1.82) is 0 Å². The predicted molar refractivity (Wildman–Crippen MR) is 60.5 cm³/mol. The number of benzene rings is 1. The summed E-state index contributed by atoms with van der Waals surface area (Å²) in [6.45, 7) is 4.12. The summed E-state index contributed by atoms with van der Waals surface area (Å²) in [6, 6.07) is 6.24. The smallest absolute Gasteiger partial charge is 0.180 e. The Morgan fingerprint density at radius 3 is 2.64 bits per heavy atom. The van der Waals surface area contributed by atoms with Crippen LogP contribution in [-0.2, 0) is 12.8 Å². The predicted octanol–water partition coefficient (Wildman–Crippen LogP) is 4.17. The van der Waals surface area contributed by atoms with Crippen LogP contribution in [0.2, 0.25) is 0 Å². The molecule has 0 bridgehead atoms. The summed E-state index contributed by atoms with van der Waals surface area (Å²) in [5.74, 6) is 0. The second-order valence-corrected chi connectivity index (χ2v) is 4.39. The van der Waals surface area contributed by atoms with Gasteiger partial charge in [0.25, 0.3) is 0 Å². The molecule has 0 saturated carbocycles. The molecule has 1 aromatic heterocycles. The zero-order chi connectivity index (χ0) is 10.1. The zero-order valence-corrected chi connectivity index (χ0v) is 9.25. The molecule has 0 nitrogen and oxygen atoms in total. The van der Waals surface area contributed by atoms with Crippen molar-refractivity contribution in [3.63, 3.8) is 0 Å². The van der Waals surface area contributed by atoms with Crippen molar-refractivity contribution in [2.45, 2.75) is 26.7 Å². The molecule has 0 aliphatic rings. The van der Waals surface area contributed by atoms with Gasteiger partial charge in [0, 0.05) is 10.3 Å². The molecule has 2 heteroatoms. The summed E-state index contributed by atoms with van der Waals surface area (Å²) in [6.07, 6.45) is 1.79. The molecule has 0 saturated heterocycles. The van der Waals surface area contributed by atoms with Crippen LogP contribution in [0.4, 0.5) is 4.39 Å². The third-order valence-electron chi connectivity index (χ3n) is 2.57. The Labute approximate surface area is 87.4 Å². The van der Waals surface area contributed by atoms with Crippen molar-refractivity contribution in [2.75, 3.05) is 0 Å². The van der Waals surface area contributed by atoms with Gasteiger partial charge in [-0.15, -0.1) is 11.3 Å². The monoisotopic (exact) mass is 208 g/mol. The molecular weight excluding hydrogens is 195 g/mol. The average Bonchev–Trinajstić information content (AvgIpc) is 2.51. The Morgan fingerprint density at radius 2 is 2.00 bits per heavy atom. The Hall–Kier alpha value is -0.890. The number of aryl methyl sites for hydroxylation is 2. The molecule has 0 N–H and O–H groups in total. The fourth-order valence-corrected chi connectivity index (χ4v) is 2.80. The lowest BCUT2D eigenvalue weighted by atomic mass is 10.1. The number of thiophene rings is 1. The molecule has 74 valence electrons. The van der Waals surface area contributed by atoms with Crippen molar-refractivity contribution in [2.24, 2.45) is 0 Å². The second kappa shape index (κ2) is 3.70. The van der Waals surface area contributed by atoms with Gasteiger partial charge in [0.1, 0.15) is 0 Å². The topological polar surface area (TPSA) is 0 Å². The van der Waals surface area contributed by atoms with E-state index in [-0.39, 0.29) is 5.13 Å². The number of rotatable bonds is 2. The van der Waals surface area contributed by atoms with E-state index in [2.05, 4.69) is 19.1 Å². The van der Waals surface area contributed by atoms with Gasteiger partial charge in [-0.1, -0.05) is 26.0 Å². The summed E-state index contributed by atoms with van der Waals surface area (Å²) in [7, 11) is 0. The van der Waals surface area contributed by atoms with Crippen LogP contribution in [-0.4, -0.2) is 0 Å². The third-order valence-corrected chi connectivity index (χ3v) is 3.55. The number of hydrogen-bond acceptors (Lipinski definition) is 1. The summed E-state index contributed by atoms with van der Waals surface area (Å²) >= 11 is 1.27. The maximum atomic E-state index is 13.5. The van der Waals surface area contributed by atoms with Crippen LogP contribution >= 0.6 is 11.3 Å². The molecule has 0 aliphatic heterocycles. The first-order valence-corrected chi connectivity index (χ1v) is 5.77. The van der Waals surface area contributed by atoms with E-state index in [9.17, 15) is 4.39 Å². The minimum atomic E-state index is -0.0178. The van der Waals surface area contributed by atoms with Gasteiger partial charge in [0.15, 0.2) is 5.13 Å². The van der Waals surface area contributed by atoms with Crippen LogP contribution < -0.4 is 0 Å². The lowest BCUT2D eigenvalue weighted by molar-refractivity contribution is 0.644. The van der Waals surface area contributed by atoms with E-state index in [0.717, 1.165) is 28.5 Å². The number of halogens is 1. The Bertz CT molecular complexity index is 457. The van der Waals surface area contributed by atoms with Gasteiger partial charge in [-0.05, 0) is 29.9 Å². The summed E-state index contributed by atoms with van der Waals surface area (Å²) in [5.41, 5.74) is 2.15. The second-order valence-electron chi connectivity index (χ2n) is 3.39. The van der Waals surface area contributed by atoms with Crippen LogP contribution in [0.1, 0.15) is 25.0 Å². The van der Waals surface area contributed by atoms with Gasteiger partial charge >= 0.3 is 0 Å². The maximum Gasteiger partial charge on any atom is 0.180 e. The highest BCUT2D eigenvalue weighted by atomic mass is 32.1. The molecular formula is C12H13FS. The average molecular weight is 208 g/mol. The molecule has 0 amide bonds. The van der Waals surface area contributed by atoms with Gasteiger partial charge in [0.05, 0.1) is 0 Å². The molecule has 2 aromatic rings. The standard InChI is InChI=1S/C12H13FS/c1-3-8-5-6-10-9(4-2)12(13)14-11(10)7-8/h5-7H,3-4H2,1-2H3. The first kappa shape index (κ1) is 9.66. The Kier molecular flexibility index (Phi) is 2.55. The highest BCUT2D eigenvalue weighted by molar-refractivity contribution is 7.17. The summed E-state index contributed by atoms with van der Waals surface area (Å²) < 4.78 is 14.5. The largest absolute Gasteiger partial charge is 0.195 e. The van der Waals surface area contributed by atoms with Gasteiger partial charge < -0.3 is 0 Å². The number of hydrogen-bond donors (Lipinski definition) is 0. The molecule has 0 unspecified atom stereocenters. The van der Waals surface area contributed by atoms with Gasteiger partial charge in [-0.2, -0.15) is 4.39 Å². The lowest BCUT2D eigenvalue weighted by Crippen LogP contribution is -1.81. The van der Waals surface area contributed by atoms with Crippen LogP contribution in [0.3, 0.4) is 0 Å². The summed E-state index contributed by atoms with van der Waals surface area (Å²) in [5, 5.41) is 1.07. The van der Waals surface area contributed by atoms with Gasteiger partial charge in [-0.25, -0.2) is 0 Å². The summed E-state index contributed by atoms with van der Waals surface area (Å²) in [4.78, 5) is 0. The van der Waals surface area contributed by atoms with E-state index in [1.807, 2.05) is 13.0 Å². The SMILES string of the molecule is CCc1ccc2c(CC)c(F)sc2c1. The fourth-order valence-electron chi connectivity index (χ4n) is 1.71. The molecule has 0 spiro atoms. The highest BCUT2D eigenvalue weighted by Gasteiger charge is 2.09. The third kappa shape index (κ3) is 1.44. The lowest BCUT2D eigenvalue weighted by Gasteiger charge is -1.97. The molecule has 0 aliphatic carbocycles. The molecule has 1 aromatic carbocycles. The van der Waals surface area contributed by atoms with Crippen molar-refractivity contribution < 1.29 is 4.39 Å². The van der Waals surface area contributed by atoms with E-state index >= 15 is 0 Å². The first-order valence-electron chi connectivity index (χ1n) is 4.96. The van der Waals surface area contributed by atoms with Crippen molar-refractivity contribution in [3.8, 4) is 0 Å². The number of fused-ring (bicyclic) bond motifs is 1. The molecule has 1 heterocycles. The van der Waals surface area contributed by atoms with Crippen LogP contribution in [0.5, 0.6) is 0 Å². The Morgan fingerprint density at radius 1 is 1.21 bits per heavy atom. The van der Waals surface area contributed by atoms with Crippen molar-refractivity contribution in [3.05, 3.63) is 34.5 Å². The minimum Gasteiger partial charge on any atom is -0.195 e. The molecule has 0 radical (unpaired) electrons. The normalized spacial score (nSPS) is 11.1. The van der Waals surface area contributed by atoms with E-state index in [0.29, 0.717) is 0 Å².